The number of phenols is 1. The highest BCUT2D eigenvalue weighted by molar-refractivity contribution is 9.10. The van der Waals surface area contributed by atoms with Gasteiger partial charge in [0.2, 0.25) is 0 Å². The molecule has 0 aliphatic carbocycles. The molecule has 0 unspecified atom stereocenters. The standard InChI is InChI=1S/C23H17BrN2O3S/c1-29-20-12-15(18(24)14-19(20)27)13-21-22(28)26(17-10-6-3-7-11-17)23(30-21)25-16-8-4-2-5-9-16/h2-14,27H,1H3/b21-13-,25-23?. The summed E-state index contributed by atoms with van der Waals surface area (Å²) in [5.41, 5.74) is 2.23. The maximum atomic E-state index is 13.3. The largest absolute Gasteiger partial charge is 0.504 e. The monoisotopic (exact) mass is 480 g/mol. The second kappa shape index (κ2) is 8.77. The number of rotatable bonds is 4. The molecule has 1 fully saturated rings. The zero-order chi connectivity index (χ0) is 21.1. The Morgan fingerprint density at radius 1 is 1.07 bits per heavy atom. The molecule has 7 heteroatoms. The van der Waals surface area contributed by atoms with Crippen LogP contribution in [0.3, 0.4) is 0 Å². The van der Waals surface area contributed by atoms with Gasteiger partial charge in [-0.2, -0.15) is 0 Å². The summed E-state index contributed by atoms with van der Waals surface area (Å²) >= 11 is 4.74. The highest BCUT2D eigenvalue weighted by Crippen LogP contribution is 2.39. The molecule has 1 aliphatic heterocycles. The Bertz CT molecular complexity index is 1150. The van der Waals surface area contributed by atoms with Gasteiger partial charge in [-0.3, -0.25) is 9.69 Å². The molecule has 3 aromatic carbocycles. The molecule has 0 saturated carbocycles. The number of aromatic hydroxyl groups is 1. The molecule has 0 atom stereocenters. The maximum absolute atomic E-state index is 13.3. The third-order valence-electron chi connectivity index (χ3n) is 4.39. The van der Waals surface area contributed by atoms with Crippen molar-refractivity contribution in [2.45, 2.75) is 0 Å². The minimum atomic E-state index is -0.167. The van der Waals surface area contributed by atoms with E-state index in [0.29, 0.717) is 20.3 Å². The second-order valence-electron chi connectivity index (χ2n) is 6.36. The molecule has 5 nitrogen and oxygen atoms in total. The van der Waals surface area contributed by atoms with Crippen LogP contribution in [0.5, 0.6) is 11.5 Å². The van der Waals surface area contributed by atoms with Crippen LogP contribution in [0, 0.1) is 0 Å². The molecular weight excluding hydrogens is 464 g/mol. The van der Waals surface area contributed by atoms with Gasteiger partial charge in [-0.25, -0.2) is 4.99 Å². The van der Waals surface area contributed by atoms with E-state index >= 15 is 0 Å². The Labute approximate surface area is 186 Å². The minimum Gasteiger partial charge on any atom is -0.504 e. The number of anilines is 1. The van der Waals surface area contributed by atoms with Gasteiger partial charge in [0.05, 0.1) is 23.4 Å². The van der Waals surface area contributed by atoms with Gasteiger partial charge in [0.1, 0.15) is 0 Å². The van der Waals surface area contributed by atoms with Gasteiger partial charge in [0.15, 0.2) is 16.7 Å². The fourth-order valence-electron chi connectivity index (χ4n) is 2.94. The van der Waals surface area contributed by atoms with Crippen LogP contribution >= 0.6 is 27.7 Å². The number of hydrogen-bond donors (Lipinski definition) is 1. The lowest BCUT2D eigenvalue weighted by atomic mass is 10.2. The SMILES string of the molecule is COc1cc(/C=C2\SC(=Nc3ccccc3)N(c3ccccc3)C2=O)c(Br)cc1O. The highest BCUT2D eigenvalue weighted by Gasteiger charge is 2.34. The van der Waals surface area contributed by atoms with Crippen molar-refractivity contribution in [3.63, 3.8) is 0 Å². The minimum absolute atomic E-state index is 0.0224. The maximum Gasteiger partial charge on any atom is 0.271 e. The quantitative estimate of drug-likeness (QED) is 0.467. The Morgan fingerprint density at radius 3 is 2.40 bits per heavy atom. The number of methoxy groups -OCH3 is 1. The third kappa shape index (κ3) is 4.13. The van der Waals surface area contributed by atoms with Crippen LogP contribution in [0.25, 0.3) is 6.08 Å². The number of carbonyl (C=O) groups is 1. The van der Waals surface area contributed by atoms with Crippen LogP contribution in [0.4, 0.5) is 11.4 Å². The molecule has 1 amide bonds. The molecule has 1 N–H and O–H groups in total. The Kier molecular flexibility index (Phi) is 5.92. The molecule has 3 aromatic rings. The fraction of sp³-hybridized carbons (Fsp3) is 0.0435. The predicted octanol–water partition coefficient (Wildman–Crippen LogP) is 5.97. The van der Waals surface area contributed by atoms with E-state index in [1.54, 1.807) is 23.1 Å². The van der Waals surface area contributed by atoms with Crippen molar-refractivity contribution in [2.24, 2.45) is 4.99 Å². The van der Waals surface area contributed by atoms with Crippen molar-refractivity contribution >= 4 is 56.2 Å². The molecule has 1 saturated heterocycles. The van der Waals surface area contributed by atoms with Crippen LogP contribution in [0.15, 0.2) is 87.2 Å². The molecule has 0 radical (unpaired) electrons. The lowest BCUT2D eigenvalue weighted by Crippen LogP contribution is -2.28. The first kappa shape index (κ1) is 20.3. The molecule has 1 heterocycles. The third-order valence-corrected chi connectivity index (χ3v) is 6.04. The van der Waals surface area contributed by atoms with Gasteiger partial charge in [-0.1, -0.05) is 52.3 Å². The number of halogens is 1. The molecule has 0 bridgehead atoms. The summed E-state index contributed by atoms with van der Waals surface area (Å²) in [4.78, 5) is 20.1. The van der Waals surface area contributed by atoms with Gasteiger partial charge < -0.3 is 9.84 Å². The average Bonchev–Trinajstić information content (AvgIpc) is 3.06. The molecule has 1 aliphatic rings. The van der Waals surface area contributed by atoms with Gasteiger partial charge in [0, 0.05) is 4.47 Å². The van der Waals surface area contributed by atoms with E-state index in [-0.39, 0.29) is 11.7 Å². The predicted molar refractivity (Wildman–Crippen MR) is 125 cm³/mol. The van der Waals surface area contributed by atoms with Gasteiger partial charge in [-0.05, 0) is 59.8 Å². The number of benzene rings is 3. The van der Waals surface area contributed by atoms with Gasteiger partial charge in [-0.15, -0.1) is 0 Å². The van der Waals surface area contributed by atoms with Gasteiger partial charge >= 0.3 is 0 Å². The summed E-state index contributed by atoms with van der Waals surface area (Å²) in [6.07, 6.45) is 1.77. The summed E-state index contributed by atoms with van der Waals surface area (Å²) in [6.45, 7) is 0. The van der Waals surface area contributed by atoms with E-state index in [2.05, 4.69) is 15.9 Å². The molecule has 0 spiro atoms. The van der Waals surface area contributed by atoms with Crippen LogP contribution < -0.4 is 9.64 Å². The number of nitrogens with zero attached hydrogens (tertiary/aromatic N) is 2. The molecule has 4 rings (SSSR count). The lowest BCUT2D eigenvalue weighted by Gasteiger charge is -2.15. The number of ether oxygens (including phenoxy) is 1. The summed E-state index contributed by atoms with van der Waals surface area (Å²) in [6, 6.07) is 22.2. The Hall–Kier alpha value is -3.03. The smallest absolute Gasteiger partial charge is 0.271 e. The first-order valence-electron chi connectivity index (χ1n) is 9.06. The van der Waals surface area contributed by atoms with Crippen molar-refractivity contribution in [3.05, 3.63) is 87.7 Å². The van der Waals surface area contributed by atoms with E-state index in [1.807, 2.05) is 60.7 Å². The normalized spacial score (nSPS) is 16.5. The first-order chi connectivity index (χ1) is 14.6. The Balaban J connectivity index is 1.79. The van der Waals surface area contributed by atoms with Crippen LogP contribution in [-0.4, -0.2) is 23.3 Å². The molecule has 150 valence electrons. The number of thioether (sulfide) groups is 1. The summed E-state index contributed by atoms with van der Waals surface area (Å²) in [7, 11) is 1.48. The number of para-hydroxylation sites is 2. The van der Waals surface area contributed by atoms with Crippen molar-refractivity contribution in [1.82, 2.24) is 0 Å². The summed E-state index contributed by atoms with van der Waals surface area (Å²) < 4.78 is 5.85. The fourth-order valence-corrected chi connectivity index (χ4v) is 4.38. The number of phenolic OH excluding ortho intramolecular Hbond substituents is 1. The number of hydrogen-bond acceptors (Lipinski definition) is 5. The number of carbonyl (C=O) groups excluding carboxylic acids is 1. The van der Waals surface area contributed by atoms with Crippen molar-refractivity contribution < 1.29 is 14.6 Å². The topological polar surface area (TPSA) is 62.1 Å². The zero-order valence-corrected chi connectivity index (χ0v) is 18.4. The molecule has 30 heavy (non-hydrogen) atoms. The lowest BCUT2D eigenvalue weighted by molar-refractivity contribution is -0.113. The van der Waals surface area contributed by atoms with Crippen LogP contribution in [0.2, 0.25) is 0 Å². The van der Waals surface area contributed by atoms with Crippen molar-refractivity contribution in [3.8, 4) is 11.5 Å². The highest BCUT2D eigenvalue weighted by atomic mass is 79.9. The van der Waals surface area contributed by atoms with Crippen LogP contribution in [0.1, 0.15) is 5.56 Å². The summed E-state index contributed by atoms with van der Waals surface area (Å²) in [5, 5.41) is 10.5. The van der Waals surface area contributed by atoms with Crippen molar-refractivity contribution in [2.75, 3.05) is 12.0 Å². The van der Waals surface area contributed by atoms with E-state index in [0.717, 1.165) is 16.9 Å². The Morgan fingerprint density at radius 2 is 1.73 bits per heavy atom. The van der Waals surface area contributed by atoms with E-state index < -0.39 is 0 Å². The molecule has 0 aromatic heterocycles. The van der Waals surface area contributed by atoms with Gasteiger partial charge in [0.25, 0.3) is 5.91 Å². The second-order valence-corrected chi connectivity index (χ2v) is 8.23. The zero-order valence-electron chi connectivity index (χ0n) is 15.9. The summed E-state index contributed by atoms with van der Waals surface area (Å²) in [5.74, 6) is 0.188. The van der Waals surface area contributed by atoms with Crippen LogP contribution in [-0.2, 0) is 4.79 Å². The first-order valence-corrected chi connectivity index (χ1v) is 10.7. The van der Waals surface area contributed by atoms with E-state index in [1.165, 1.54) is 18.9 Å². The van der Waals surface area contributed by atoms with E-state index in [9.17, 15) is 9.90 Å². The van der Waals surface area contributed by atoms with E-state index in [4.69, 9.17) is 9.73 Å². The average molecular weight is 481 g/mol. The number of amidine groups is 1. The number of aliphatic imine (C=N–C) groups is 1. The molecular formula is C23H17BrN2O3S. The van der Waals surface area contributed by atoms with Crippen molar-refractivity contribution in [1.29, 1.82) is 0 Å². The number of amides is 1.